The molecule has 3 heteroatoms. The van der Waals surface area contributed by atoms with Gasteiger partial charge in [-0.15, -0.1) is 11.3 Å². The average molecular weight is 284 g/mol. The first-order valence-corrected chi connectivity index (χ1v) is 8.40. The van der Waals surface area contributed by atoms with Crippen molar-refractivity contribution < 1.29 is 0 Å². The van der Waals surface area contributed by atoms with Gasteiger partial charge in [0.25, 0.3) is 0 Å². The summed E-state index contributed by atoms with van der Waals surface area (Å²) in [6.45, 7) is 3.81. The van der Waals surface area contributed by atoms with Crippen LogP contribution >= 0.6 is 11.3 Å². The first-order chi connectivity index (χ1) is 9.90. The van der Waals surface area contributed by atoms with Gasteiger partial charge < -0.3 is 10.2 Å². The Labute approximate surface area is 124 Å². The number of hydrogen-bond donors (Lipinski definition) is 1. The molecule has 3 saturated heterocycles. The second-order valence-electron chi connectivity index (χ2n) is 5.91. The lowest BCUT2D eigenvalue weighted by Crippen LogP contribution is -2.53. The third-order valence-electron chi connectivity index (χ3n) is 4.71. The highest BCUT2D eigenvalue weighted by Crippen LogP contribution is 2.35. The van der Waals surface area contributed by atoms with Gasteiger partial charge in [-0.2, -0.15) is 0 Å². The van der Waals surface area contributed by atoms with Gasteiger partial charge in [0.2, 0.25) is 0 Å². The minimum atomic E-state index is 0.624. The van der Waals surface area contributed by atoms with Crippen molar-refractivity contribution in [3.05, 3.63) is 41.8 Å². The molecule has 0 amide bonds. The minimum absolute atomic E-state index is 0.624. The quantitative estimate of drug-likeness (QED) is 0.919. The number of nitrogens with zero attached hydrogens (tertiary/aromatic N) is 1. The summed E-state index contributed by atoms with van der Waals surface area (Å²) in [6.07, 6.45) is 2.72. The van der Waals surface area contributed by atoms with Crippen LogP contribution in [0.25, 0.3) is 10.4 Å². The Morgan fingerprint density at radius 2 is 1.90 bits per heavy atom. The Bertz CT molecular complexity index is 570. The third kappa shape index (κ3) is 2.25. The van der Waals surface area contributed by atoms with Crippen LogP contribution in [0.4, 0.5) is 5.69 Å². The molecule has 5 rings (SSSR count). The lowest BCUT2D eigenvalue weighted by Gasteiger charge is -2.45. The fourth-order valence-electron chi connectivity index (χ4n) is 3.58. The Morgan fingerprint density at radius 1 is 1.05 bits per heavy atom. The van der Waals surface area contributed by atoms with Gasteiger partial charge in [0.15, 0.2) is 0 Å². The zero-order valence-corrected chi connectivity index (χ0v) is 12.4. The molecule has 1 atom stereocenters. The molecule has 1 unspecified atom stereocenters. The molecule has 0 aliphatic carbocycles. The number of hydrogen-bond acceptors (Lipinski definition) is 3. The zero-order chi connectivity index (χ0) is 13.4. The molecular weight excluding hydrogens is 264 g/mol. The number of nitrogens with one attached hydrogen (secondary N) is 1. The van der Waals surface area contributed by atoms with E-state index in [-0.39, 0.29) is 0 Å². The van der Waals surface area contributed by atoms with Crippen molar-refractivity contribution in [2.24, 2.45) is 5.92 Å². The van der Waals surface area contributed by atoms with Gasteiger partial charge in [-0.05, 0) is 49.4 Å². The Morgan fingerprint density at radius 3 is 2.60 bits per heavy atom. The molecule has 0 radical (unpaired) electrons. The summed E-state index contributed by atoms with van der Waals surface area (Å²) >= 11 is 1.82. The normalized spacial score (nSPS) is 28.5. The van der Waals surface area contributed by atoms with Gasteiger partial charge in [-0.25, -0.2) is 0 Å². The van der Waals surface area contributed by atoms with Gasteiger partial charge in [-0.3, -0.25) is 0 Å². The van der Waals surface area contributed by atoms with Gasteiger partial charge >= 0.3 is 0 Å². The second kappa shape index (κ2) is 5.23. The molecule has 1 aromatic heterocycles. The SMILES string of the molecule is c1csc(-c2ccccc2NC2CN3CCC2CC3)c1. The van der Waals surface area contributed by atoms with E-state index in [0.717, 1.165) is 5.92 Å². The van der Waals surface area contributed by atoms with E-state index in [4.69, 9.17) is 0 Å². The van der Waals surface area contributed by atoms with Crippen molar-refractivity contribution in [1.29, 1.82) is 0 Å². The molecule has 3 aliphatic rings. The van der Waals surface area contributed by atoms with Crippen LogP contribution in [0.3, 0.4) is 0 Å². The van der Waals surface area contributed by atoms with Crippen LogP contribution < -0.4 is 5.32 Å². The molecular formula is C17H20N2S. The maximum atomic E-state index is 3.83. The molecule has 2 bridgehead atoms. The molecule has 2 aromatic rings. The first-order valence-electron chi connectivity index (χ1n) is 7.52. The van der Waals surface area contributed by atoms with Crippen molar-refractivity contribution in [3.63, 3.8) is 0 Å². The van der Waals surface area contributed by atoms with Crippen LogP contribution in [0.5, 0.6) is 0 Å². The number of rotatable bonds is 3. The van der Waals surface area contributed by atoms with Gasteiger partial charge in [0, 0.05) is 28.7 Å². The highest BCUT2D eigenvalue weighted by molar-refractivity contribution is 7.13. The van der Waals surface area contributed by atoms with Gasteiger partial charge in [-0.1, -0.05) is 24.3 Å². The number of para-hydroxylation sites is 1. The first kappa shape index (κ1) is 12.4. The number of benzene rings is 1. The fourth-order valence-corrected chi connectivity index (χ4v) is 4.35. The van der Waals surface area contributed by atoms with Crippen LogP contribution in [0.2, 0.25) is 0 Å². The topological polar surface area (TPSA) is 15.3 Å². The van der Waals surface area contributed by atoms with Gasteiger partial charge in [0.1, 0.15) is 0 Å². The summed E-state index contributed by atoms with van der Waals surface area (Å²) < 4.78 is 0. The number of piperidine rings is 3. The van der Waals surface area contributed by atoms with Crippen LogP contribution in [-0.4, -0.2) is 30.6 Å². The second-order valence-corrected chi connectivity index (χ2v) is 6.86. The highest BCUT2D eigenvalue weighted by Gasteiger charge is 2.34. The Hall–Kier alpha value is -1.32. The molecule has 0 spiro atoms. The Balaban J connectivity index is 1.60. The van der Waals surface area contributed by atoms with Crippen LogP contribution in [0.15, 0.2) is 41.8 Å². The van der Waals surface area contributed by atoms with Crippen LogP contribution in [0.1, 0.15) is 12.8 Å². The molecule has 3 fully saturated rings. The highest BCUT2D eigenvalue weighted by atomic mass is 32.1. The summed E-state index contributed by atoms with van der Waals surface area (Å²) in [5.41, 5.74) is 2.65. The lowest BCUT2D eigenvalue weighted by atomic mass is 9.84. The van der Waals surface area contributed by atoms with E-state index >= 15 is 0 Å². The summed E-state index contributed by atoms with van der Waals surface area (Å²) in [6, 6.07) is 13.7. The summed E-state index contributed by atoms with van der Waals surface area (Å²) in [7, 11) is 0. The summed E-state index contributed by atoms with van der Waals surface area (Å²) in [5, 5.41) is 5.99. The molecule has 1 N–H and O–H groups in total. The fraction of sp³-hybridized carbons (Fsp3) is 0.412. The molecule has 3 aliphatic heterocycles. The van der Waals surface area contributed by atoms with Crippen LogP contribution in [0, 0.1) is 5.92 Å². The summed E-state index contributed by atoms with van der Waals surface area (Å²) in [5.74, 6) is 0.858. The van der Waals surface area contributed by atoms with E-state index in [0.29, 0.717) is 6.04 Å². The van der Waals surface area contributed by atoms with E-state index in [2.05, 4.69) is 52.0 Å². The van der Waals surface area contributed by atoms with E-state index < -0.39 is 0 Å². The van der Waals surface area contributed by atoms with Crippen molar-refractivity contribution in [2.75, 3.05) is 25.0 Å². The van der Waals surface area contributed by atoms with Crippen LogP contribution in [-0.2, 0) is 0 Å². The number of thiophene rings is 1. The van der Waals surface area contributed by atoms with Crippen molar-refractivity contribution in [3.8, 4) is 10.4 Å². The molecule has 20 heavy (non-hydrogen) atoms. The molecule has 1 aromatic carbocycles. The predicted molar refractivity (Wildman–Crippen MR) is 86.3 cm³/mol. The average Bonchev–Trinajstić information content (AvgIpc) is 3.03. The number of fused-ring (bicyclic) bond motifs is 3. The van der Waals surface area contributed by atoms with Crippen molar-refractivity contribution in [1.82, 2.24) is 4.90 Å². The smallest absolute Gasteiger partial charge is 0.0430 e. The zero-order valence-electron chi connectivity index (χ0n) is 11.6. The lowest BCUT2D eigenvalue weighted by molar-refractivity contribution is 0.0975. The monoisotopic (exact) mass is 284 g/mol. The molecule has 0 saturated carbocycles. The van der Waals surface area contributed by atoms with Gasteiger partial charge in [0.05, 0.1) is 0 Å². The summed E-state index contributed by atoms with van der Waals surface area (Å²) in [4.78, 5) is 3.96. The molecule has 2 nitrogen and oxygen atoms in total. The molecule has 104 valence electrons. The van der Waals surface area contributed by atoms with E-state index in [9.17, 15) is 0 Å². The van der Waals surface area contributed by atoms with Crippen molar-refractivity contribution in [2.45, 2.75) is 18.9 Å². The maximum absolute atomic E-state index is 3.83. The minimum Gasteiger partial charge on any atom is -0.380 e. The van der Waals surface area contributed by atoms with Crippen molar-refractivity contribution >= 4 is 17.0 Å². The standard InChI is InChI=1S/C17H20N2S/c1-2-5-15(14(4-1)17-6-3-11-20-17)18-16-12-19-9-7-13(16)8-10-19/h1-6,11,13,16,18H,7-10,12H2. The Kier molecular flexibility index (Phi) is 3.25. The maximum Gasteiger partial charge on any atom is 0.0430 e. The van der Waals surface area contributed by atoms with E-state index in [1.54, 1.807) is 0 Å². The van der Waals surface area contributed by atoms with E-state index in [1.807, 2.05) is 11.3 Å². The number of anilines is 1. The van der Waals surface area contributed by atoms with E-state index in [1.165, 1.54) is 48.6 Å². The largest absolute Gasteiger partial charge is 0.380 e. The predicted octanol–water partition coefficient (Wildman–Crippen LogP) is 3.92. The third-order valence-corrected chi connectivity index (χ3v) is 5.61. The molecule has 4 heterocycles.